The van der Waals surface area contributed by atoms with Crippen molar-refractivity contribution in [2.24, 2.45) is 0 Å². The molecule has 0 fully saturated rings. The molecule has 0 saturated carbocycles. The molecule has 1 aromatic rings. The van der Waals surface area contributed by atoms with Crippen LogP contribution < -0.4 is 10.6 Å². The van der Waals surface area contributed by atoms with Crippen LogP contribution in [0, 0.1) is 0 Å². The molecule has 0 spiro atoms. The summed E-state index contributed by atoms with van der Waals surface area (Å²) >= 11 is 0. The summed E-state index contributed by atoms with van der Waals surface area (Å²) in [4.78, 5) is 25.5. The van der Waals surface area contributed by atoms with E-state index in [1.54, 1.807) is 24.3 Å². The maximum atomic E-state index is 11.9. The van der Waals surface area contributed by atoms with Crippen LogP contribution in [0.1, 0.15) is 45.0 Å². The number of nitrogens with one attached hydrogen (secondary N) is 2. The zero-order valence-electron chi connectivity index (χ0n) is 14.1. The Morgan fingerprint density at radius 2 is 1.77 bits per heavy atom. The Balaban J connectivity index is 2.47. The molecule has 0 aliphatic carbocycles. The zero-order valence-corrected chi connectivity index (χ0v) is 14.1. The molecular formula is C17H27N3O2. The summed E-state index contributed by atoms with van der Waals surface area (Å²) in [6.07, 6.45) is 0. The molecule has 1 rings (SSSR count). The van der Waals surface area contributed by atoms with Gasteiger partial charge in [0.05, 0.1) is 0 Å². The van der Waals surface area contributed by atoms with Gasteiger partial charge in [0.1, 0.15) is 0 Å². The van der Waals surface area contributed by atoms with Crippen LogP contribution in [0.2, 0.25) is 0 Å². The van der Waals surface area contributed by atoms with Crippen molar-refractivity contribution >= 4 is 17.5 Å². The van der Waals surface area contributed by atoms with Gasteiger partial charge in [0.15, 0.2) is 5.78 Å². The highest BCUT2D eigenvalue weighted by Crippen LogP contribution is 2.11. The Bertz CT molecular complexity index is 504. The van der Waals surface area contributed by atoms with Gasteiger partial charge in [-0.25, -0.2) is 4.79 Å². The zero-order chi connectivity index (χ0) is 16.7. The molecule has 0 unspecified atom stereocenters. The quantitative estimate of drug-likeness (QED) is 0.761. The van der Waals surface area contributed by atoms with Crippen LogP contribution in [-0.4, -0.2) is 41.9 Å². The molecule has 0 bridgehead atoms. The molecular weight excluding hydrogens is 278 g/mol. The van der Waals surface area contributed by atoms with E-state index in [0.29, 0.717) is 29.9 Å². The third kappa shape index (κ3) is 5.85. The highest BCUT2D eigenvalue weighted by Gasteiger charge is 2.13. The van der Waals surface area contributed by atoms with Crippen LogP contribution in [0.15, 0.2) is 24.3 Å². The lowest BCUT2D eigenvalue weighted by atomic mass is 10.1. The van der Waals surface area contributed by atoms with Crippen molar-refractivity contribution < 1.29 is 9.59 Å². The van der Waals surface area contributed by atoms with Gasteiger partial charge in [-0.1, -0.05) is 12.1 Å². The lowest BCUT2D eigenvalue weighted by Crippen LogP contribution is -2.43. The number of amides is 2. The molecule has 0 heterocycles. The molecule has 5 nitrogen and oxygen atoms in total. The van der Waals surface area contributed by atoms with Gasteiger partial charge in [0.2, 0.25) is 0 Å². The second-order valence-corrected chi connectivity index (χ2v) is 5.94. The highest BCUT2D eigenvalue weighted by molar-refractivity contribution is 5.96. The van der Waals surface area contributed by atoms with E-state index in [1.165, 1.54) is 6.92 Å². The van der Waals surface area contributed by atoms with Crippen molar-refractivity contribution in [1.82, 2.24) is 10.2 Å². The Morgan fingerprint density at radius 3 is 2.32 bits per heavy atom. The second-order valence-electron chi connectivity index (χ2n) is 5.94. The summed E-state index contributed by atoms with van der Waals surface area (Å²) in [6.45, 7) is 11.5. The van der Waals surface area contributed by atoms with Gasteiger partial charge in [0.25, 0.3) is 0 Å². The van der Waals surface area contributed by atoms with Crippen molar-refractivity contribution in [1.29, 1.82) is 0 Å². The van der Waals surface area contributed by atoms with Crippen molar-refractivity contribution in [3.05, 3.63) is 29.8 Å². The molecule has 0 aliphatic rings. The lowest BCUT2D eigenvalue weighted by molar-refractivity contribution is 0.101. The van der Waals surface area contributed by atoms with E-state index in [1.807, 2.05) is 0 Å². The summed E-state index contributed by atoms with van der Waals surface area (Å²) in [7, 11) is 0. The number of urea groups is 1. The fourth-order valence-electron chi connectivity index (χ4n) is 2.40. The monoisotopic (exact) mass is 305 g/mol. The molecule has 2 amide bonds. The molecule has 0 saturated heterocycles. The summed E-state index contributed by atoms with van der Waals surface area (Å²) in [5.41, 5.74) is 1.21. The first-order chi connectivity index (χ1) is 10.3. The highest BCUT2D eigenvalue weighted by atomic mass is 16.2. The summed E-state index contributed by atoms with van der Waals surface area (Å²) < 4.78 is 0. The Labute approximate surface area is 133 Å². The van der Waals surface area contributed by atoms with Crippen molar-refractivity contribution in [3.8, 4) is 0 Å². The second kappa shape index (κ2) is 8.54. The number of ketones is 1. The molecule has 122 valence electrons. The van der Waals surface area contributed by atoms with E-state index in [-0.39, 0.29) is 11.8 Å². The minimum absolute atomic E-state index is 0.0198. The predicted octanol–water partition coefficient (Wildman–Crippen LogP) is 3.13. The first kappa shape index (κ1) is 18.2. The van der Waals surface area contributed by atoms with Crippen LogP contribution >= 0.6 is 0 Å². The first-order valence-corrected chi connectivity index (χ1v) is 7.73. The molecule has 0 radical (unpaired) electrons. The van der Waals surface area contributed by atoms with E-state index in [9.17, 15) is 9.59 Å². The van der Waals surface area contributed by atoms with Crippen LogP contribution in [0.3, 0.4) is 0 Å². The van der Waals surface area contributed by atoms with Crippen molar-refractivity contribution in [3.63, 3.8) is 0 Å². The number of nitrogens with zero attached hydrogens (tertiary/aromatic N) is 1. The number of carbonyl (C=O) groups excluding carboxylic acids is 2. The van der Waals surface area contributed by atoms with Gasteiger partial charge >= 0.3 is 6.03 Å². The molecule has 2 N–H and O–H groups in total. The van der Waals surface area contributed by atoms with Crippen molar-refractivity contribution in [2.75, 3.05) is 18.4 Å². The maximum absolute atomic E-state index is 11.9. The summed E-state index contributed by atoms with van der Waals surface area (Å²) in [5, 5.41) is 5.59. The van der Waals surface area contributed by atoms with Gasteiger partial charge in [-0.05, 0) is 46.8 Å². The number of hydrogen-bond acceptors (Lipinski definition) is 3. The number of rotatable bonds is 7. The lowest BCUT2D eigenvalue weighted by Gasteiger charge is -2.30. The van der Waals surface area contributed by atoms with Crippen LogP contribution in [0.25, 0.3) is 0 Å². The first-order valence-electron chi connectivity index (χ1n) is 7.73. The van der Waals surface area contributed by atoms with E-state index < -0.39 is 0 Å². The number of carbonyl (C=O) groups is 2. The fourth-order valence-corrected chi connectivity index (χ4v) is 2.40. The standard InChI is InChI=1S/C17H27N3O2/c1-12(2)20(13(3)4)10-9-18-17(22)19-16-8-6-7-15(11-16)14(5)21/h6-8,11-13H,9-10H2,1-5H3,(H2,18,19,22). The van der Waals surface area contributed by atoms with Crippen LogP contribution in [-0.2, 0) is 0 Å². The normalized spacial score (nSPS) is 11.1. The molecule has 0 aromatic heterocycles. The maximum Gasteiger partial charge on any atom is 0.319 e. The van der Waals surface area contributed by atoms with Gasteiger partial charge in [0, 0.05) is 36.4 Å². The summed E-state index contributed by atoms with van der Waals surface area (Å²) in [5.74, 6) is -0.0198. The van der Waals surface area contributed by atoms with E-state index in [4.69, 9.17) is 0 Å². The van der Waals surface area contributed by atoms with Gasteiger partial charge < -0.3 is 10.6 Å². The average Bonchev–Trinajstić information content (AvgIpc) is 2.42. The summed E-state index contributed by atoms with van der Waals surface area (Å²) in [6, 6.07) is 7.55. The number of anilines is 1. The Hall–Kier alpha value is -1.88. The number of benzene rings is 1. The molecule has 0 atom stereocenters. The van der Waals surface area contributed by atoms with Gasteiger partial charge in [-0.3, -0.25) is 9.69 Å². The minimum atomic E-state index is -0.256. The predicted molar refractivity (Wildman–Crippen MR) is 90.4 cm³/mol. The Kier molecular flexibility index (Phi) is 7.05. The topological polar surface area (TPSA) is 61.4 Å². The largest absolute Gasteiger partial charge is 0.337 e. The van der Waals surface area contributed by atoms with Gasteiger partial charge in [-0.15, -0.1) is 0 Å². The Morgan fingerprint density at radius 1 is 1.14 bits per heavy atom. The van der Waals surface area contributed by atoms with Gasteiger partial charge in [-0.2, -0.15) is 0 Å². The molecule has 1 aromatic carbocycles. The van der Waals surface area contributed by atoms with E-state index >= 15 is 0 Å². The smallest absolute Gasteiger partial charge is 0.319 e. The third-order valence-electron chi connectivity index (χ3n) is 3.51. The van der Waals surface area contributed by atoms with Crippen LogP contribution in [0.4, 0.5) is 10.5 Å². The molecule has 22 heavy (non-hydrogen) atoms. The molecule has 0 aliphatic heterocycles. The number of Topliss-reactive ketones (excluding diaryl/α,β-unsaturated/α-hetero) is 1. The fraction of sp³-hybridized carbons (Fsp3) is 0.529. The minimum Gasteiger partial charge on any atom is -0.337 e. The third-order valence-corrected chi connectivity index (χ3v) is 3.51. The number of hydrogen-bond donors (Lipinski definition) is 2. The average molecular weight is 305 g/mol. The van der Waals surface area contributed by atoms with E-state index in [0.717, 1.165) is 6.54 Å². The molecule has 5 heteroatoms. The van der Waals surface area contributed by atoms with Crippen LogP contribution in [0.5, 0.6) is 0 Å². The van der Waals surface area contributed by atoms with E-state index in [2.05, 4.69) is 43.2 Å². The van der Waals surface area contributed by atoms with Crippen molar-refractivity contribution in [2.45, 2.75) is 46.7 Å². The SMILES string of the molecule is CC(=O)c1cccc(NC(=O)NCCN(C(C)C)C(C)C)c1.